The minimum atomic E-state index is -4.12. The van der Waals surface area contributed by atoms with Crippen molar-refractivity contribution in [3.05, 3.63) is 101 Å². The summed E-state index contributed by atoms with van der Waals surface area (Å²) >= 11 is 0. The van der Waals surface area contributed by atoms with Crippen molar-refractivity contribution in [3.8, 4) is 5.75 Å². The Morgan fingerprint density at radius 3 is 2.31 bits per heavy atom. The molecule has 4 rings (SSSR count). The van der Waals surface area contributed by atoms with Crippen LogP contribution >= 0.6 is 0 Å². The summed E-state index contributed by atoms with van der Waals surface area (Å²) in [5.74, 6) is -1.07. The molecule has 0 radical (unpaired) electrons. The third-order valence-corrected chi connectivity index (χ3v) is 8.28. The summed E-state index contributed by atoms with van der Waals surface area (Å²) in [5.41, 5.74) is 3.46. The van der Waals surface area contributed by atoms with E-state index in [-0.39, 0.29) is 42.2 Å². The summed E-state index contributed by atoms with van der Waals surface area (Å²) in [6.07, 6.45) is 4.79. The highest BCUT2D eigenvalue weighted by molar-refractivity contribution is 7.85. The molecule has 1 unspecified atom stereocenters. The topological polar surface area (TPSA) is 127 Å². The summed E-state index contributed by atoms with van der Waals surface area (Å²) in [4.78, 5) is 39.1. The zero-order chi connectivity index (χ0) is 33.0. The number of allylic oxidation sites excluding steroid dienone is 1. The van der Waals surface area contributed by atoms with Gasteiger partial charge in [-0.25, -0.2) is 0 Å². The molecule has 1 atom stereocenters. The van der Waals surface area contributed by atoms with E-state index in [0.717, 1.165) is 16.7 Å². The molecular formula is C36H41NO7S. The summed E-state index contributed by atoms with van der Waals surface area (Å²) in [6.45, 7) is 10.1. The summed E-state index contributed by atoms with van der Waals surface area (Å²) in [5, 5.41) is 2.99. The van der Waals surface area contributed by atoms with E-state index in [4.69, 9.17) is 9.29 Å². The average molecular weight is 632 g/mol. The fourth-order valence-corrected chi connectivity index (χ4v) is 5.64. The Hall–Kier alpha value is -4.08. The predicted molar refractivity (Wildman–Crippen MR) is 177 cm³/mol. The summed E-state index contributed by atoms with van der Waals surface area (Å²) < 4.78 is 36.8. The van der Waals surface area contributed by atoms with E-state index < -0.39 is 27.4 Å². The molecule has 0 aromatic heterocycles. The quantitative estimate of drug-likeness (QED) is 0.168. The van der Waals surface area contributed by atoms with E-state index in [1.165, 1.54) is 0 Å². The van der Waals surface area contributed by atoms with Crippen molar-refractivity contribution < 1.29 is 32.1 Å². The molecule has 0 saturated carbocycles. The maximum absolute atomic E-state index is 13.8. The zero-order valence-corrected chi connectivity index (χ0v) is 27.2. The number of rotatable bonds is 11. The Balaban J connectivity index is 1.56. The number of hydrogen-bond acceptors (Lipinski definition) is 6. The maximum Gasteiger partial charge on any atom is 0.264 e. The third-order valence-electron chi connectivity index (χ3n) is 7.47. The van der Waals surface area contributed by atoms with Crippen LogP contribution in [0.4, 0.5) is 5.69 Å². The molecular weight excluding hydrogens is 590 g/mol. The molecule has 1 aliphatic rings. The normalized spacial score (nSPS) is 15.3. The molecule has 1 amide bonds. The number of carbonyl (C=O) groups excluding carboxylic acids is 3. The van der Waals surface area contributed by atoms with E-state index in [1.807, 2.05) is 38.1 Å². The zero-order valence-electron chi connectivity index (χ0n) is 26.4. The molecule has 238 valence electrons. The van der Waals surface area contributed by atoms with Crippen molar-refractivity contribution in [2.24, 2.45) is 5.41 Å². The van der Waals surface area contributed by atoms with E-state index in [9.17, 15) is 22.8 Å². The van der Waals surface area contributed by atoms with Crippen molar-refractivity contribution in [1.82, 2.24) is 0 Å². The van der Waals surface area contributed by atoms with Crippen molar-refractivity contribution >= 4 is 39.4 Å². The van der Waals surface area contributed by atoms with Gasteiger partial charge in [0.25, 0.3) is 10.1 Å². The van der Waals surface area contributed by atoms with Crippen LogP contribution in [0.1, 0.15) is 97.2 Å². The molecule has 0 saturated heterocycles. The molecule has 3 aromatic rings. The van der Waals surface area contributed by atoms with Gasteiger partial charge < -0.3 is 10.1 Å². The van der Waals surface area contributed by atoms with Crippen LogP contribution in [0.3, 0.4) is 0 Å². The van der Waals surface area contributed by atoms with Gasteiger partial charge >= 0.3 is 0 Å². The van der Waals surface area contributed by atoms with Crippen molar-refractivity contribution in [3.63, 3.8) is 0 Å². The van der Waals surface area contributed by atoms with Crippen LogP contribution in [0, 0.1) is 5.41 Å². The first kappa shape index (κ1) is 33.8. The molecule has 8 nitrogen and oxygen atoms in total. The highest BCUT2D eigenvalue weighted by atomic mass is 32.2. The largest absolute Gasteiger partial charge is 0.487 e. The van der Waals surface area contributed by atoms with Gasteiger partial charge in [-0.05, 0) is 67.0 Å². The highest BCUT2D eigenvalue weighted by Gasteiger charge is 2.33. The van der Waals surface area contributed by atoms with E-state index in [0.29, 0.717) is 29.0 Å². The Labute approximate surface area is 265 Å². The number of benzene rings is 3. The van der Waals surface area contributed by atoms with Gasteiger partial charge in [0.05, 0.1) is 23.7 Å². The van der Waals surface area contributed by atoms with E-state index >= 15 is 0 Å². The molecule has 0 spiro atoms. The Morgan fingerprint density at radius 1 is 1.02 bits per heavy atom. The highest BCUT2D eigenvalue weighted by Crippen LogP contribution is 2.35. The van der Waals surface area contributed by atoms with Gasteiger partial charge in [0, 0.05) is 17.7 Å². The number of Topliss-reactive ketones (excluding diaryl/α,β-unsaturated/α-hetero) is 2. The lowest BCUT2D eigenvalue weighted by molar-refractivity contribution is -0.117. The maximum atomic E-state index is 13.8. The number of fused-ring (bicyclic) bond motifs is 1. The smallest absolute Gasteiger partial charge is 0.264 e. The molecule has 3 aromatic carbocycles. The second-order valence-corrected chi connectivity index (χ2v) is 14.9. The van der Waals surface area contributed by atoms with Crippen LogP contribution in [0.2, 0.25) is 0 Å². The van der Waals surface area contributed by atoms with Gasteiger partial charge in [-0.15, -0.1) is 0 Å². The SMILES string of the molecule is CC(C)(C)/C=C/c1ccc(C(Cc2ccc(C(=O)CCCS(=O)(=O)O)cc2)C(=O)Nc2ccc3c(c2)C(=O)CC(C)(C)O3)cc1. The lowest BCUT2D eigenvalue weighted by atomic mass is 9.89. The first-order valence-electron chi connectivity index (χ1n) is 15.0. The van der Waals surface area contributed by atoms with Crippen LogP contribution in [-0.4, -0.2) is 41.8 Å². The lowest BCUT2D eigenvalue weighted by Gasteiger charge is -2.31. The van der Waals surface area contributed by atoms with E-state index in [1.54, 1.807) is 42.5 Å². The van der Waals surface area contributed by atoms with E-state index in [2.05, 4.69) is 38.2 Å². The predicted octanol–water partition coefficient (Wildman–Crippen LogP) is 7.31. The van der Waals surface area contributed by atoms with Gasteiger partial charge in [-0.1, -0.05) is 81.5 Å². The van der Waals surface area contributed by atoms with Crippen molar-refractivity contribution in [2.75, 3.05) is 11.1 Å². The number of carbonyl (C=O) groups is 3. The minimum absolute atomic E-state index is 0.00794. The summed E-state index contributed by atoms with van der Waals surface area (Å²) in [7, 11) is -4.12. The van der Waals surface area contributed by atoms with Crippen molar-refractivity contribution in [2.45, 2.75) is 71.8 Å². The number of anilines is 1. The fourth-order valence-electron chi connectivity index (χ4n) is 5.13. The monoisotopic (exact) mass is 631 g/mol. The fraction of sp³-hybridized carbons (Fsp3) is 0.361. The first-order valence-corrected chi connectivity index (χ1v) is 16.6. The van der Waals surface area contributed by atoms with Crippen LogP contribution in [0.5, 0.6) is 5.75 Å². The number of ether oxygens (including phenoxy) is 1. The molecule has 1 aliphatic heterocycles. The molecule has 1 heterocycles. The average Bonchev–Trinajstić information content (AvgIpc) is 2.94. The second kappa shape index (κ2) is 13.5. The molecule has 0 fully saturated rings. The number of hydrogen-bond donors (Lipinski definition) is 2. The molecule has 0 bridgehead atoms. The third kappa shape index (κ3) is 9.96. The number of ketones is 2. The van der Waals surface area contributed by atoms with Gasteiger partial charge in [0.15, 0.2) is 11.6 Å². The van der Waals surface area contributed by atoms with Crippen LogP contribution < -0.4 is 10.1 Å². The first-order chi connectivity index (χ1) is 21.0. The summed E-state index contributed by atoms with van der Waals surface area (Å²) in [6, 6.07) is 19.8. The second-order valence-electron chi connectivity index (χ2n) is 13.3. The van der Waals surface area contributed by atoms with Gasteiger partial charge in [-0.2, -0.15) is 8.42 Å². The van der Waals surface area contributed by atoms with Gasteiger partial charge in [0.2, 0.25) is 5.91 Å². The number of nitrogens with one attached hydrogen (secondary N) is 1. The number of amides is 1. The molecule has 0 aliphatic carbocycles. The lowest BCUT2D eigenvalue weighted by Crippen LogP contribution is -2.35. The van der Waals surface area contributed by atoms with Crippen molar-refractivity contribution in [1.29, 1.82) is 0 Å². The standard InChI is InChI=1S/C36H41NO7S/c1-35(2,3)19-18-24-8-12-26(13-9-24)29(21-25-10-14-27(15-11-25)31(38)7-6-20-45(41,42)43)34(40)37-28-16-17-33-30(22-28)32(39)23-36(4,5)44-33/h8-19,22,29H,6-7,20-21,23H2,1-5H3,(H,37,40)(H,41,42,43)/b19-18+. The molecule has 2 N–H and O–H groups in total. The Kier molecular flexibility index (Phi) is 10.1. The van der Waals surface area contributed by atoms with Crippen LogP contribution in [-0.2, 0) is 21.3 Å². The Bertz CT molecular complexity index is 1700. The minimum Gasteiger partial charge on any atom is -0.487 e. The molecule has 9 heteroatoms. The van der Waals surface area contributed by atoms with Crippen LogP contribution in [0.15, 0.2) is 72.8 Å². The van der Waals surface area contributed by atoms with Gasteiger partial charge in [-0.3, -0.25) is 18.9 Å². The Morgan fingerprint density at radius 2 is 1.69 bits per heavy atom. The van der Waals surface area contributed by atoms with Crippen LogP contribution in [0.25, 0.3) is 6.08 Å². The van der Waals surface area contributed by atoms with Gasteiger partial charge in [0.1, 0.15) is 11.4 Å². The molecule has 45 heavy (non-hydrogen) atoms.